The summed E-state index contributed by atoms with van der Waals surface area (Å²) in [7, 11) is 0. The quantitative estimate of drug-likeness (QED) is 0.777. The third kappa shape index (κ3) is 2.66. The highest BCUT2D eigenvalue weighted by Crippen LogP contribution is 2.17. The highest BCUT2D eigenvalue weighted by atomic mass is 16.2. The Balaban J connectivity index is 1.80. The molecule has 1 aromatic heterocycles. The smallest absolute Gasteiger partial charge is 0.324 e. The van der Waals surface area contributed by atoms with Gasteiger partial charge in [0, 0.05) is 25.0 Å². The average Bonchev–Trinajstić information content (AvgIpc) is 2.94. The monoisotopic (exact) mass is 298 g/mol. The lowest BCUT2D eigenvalue weighted by molar-refractivity contribution is 0.102. The first-order valence-corrected chi connectivity index (χ1v) is 6.69. The molecule has 1 aliphatic heterocycles. The van der Waals surface area contributed by atoms with Crippen LogP contribution in [-0.4, -0.2) is 35.0 Å². The highest BCUT2D eigenvalue weighted by Gasteiger charge is 2.24. The molecule has 3 amide bonds. The predicted molar refractivity (Wildman–Crippen MR) is 81.6 cm³/mol. The molecule has 0 radical (unpaired) electrons. The number of aromatic nitrogens is 2. The van der Waals surface area contributed by atoms with Gasteiger partial charge in [-0.05, 0) is 12.1 Å². The van der Waals surface area contributed by atoms with Crippen LogP contribution in [0.3, 0.4) is 0 Å². The first kappa shape index (κ1) is 13.8. The summed E-state index contributed by atoms with van der Waals surface area (Å²) in [6.07, 6.45) is 1.32. The van der Waals surface area contributed by atoms with Crippen LogP contribution in [-0.2, 0) is 0 Å². The van der Waals surface area contributed by atoms with Crippen molar-refractivity contribution in [3.8, 4) is 0 Å². The van der Waals surface area contributed by atoms with Crippen LogP contribution in [0.1, 0.15) is 10.4 Å². The van der Waals surface area contributed by atoms with E-state index in [0.717, 1.165) is 0 Å². The molecule has 0 unspecified atom stereocenters. The van der Waals surface area contributed by atoms with Gasteiger partial charge in [0.05, 0.1) is 0 Å². The van der Waals surface area contributed by atoms with Crippen LogP contribution in [0.15, 0.2) is 36.5 Å². The third-order valence-corrected chi connectivity index (χ3v) is 3.18. The first-order valence-electron chi connectivity index (χ1n) is 6.69. The number of para-hydroxylation sites is 1. The molecule has 0 saturated carbocycles. The van der Waals surface area contributed by atoms with Gasteiger partial charge in [0.2, 0.25) is 5.95 Å². The predicted octanol–water partition coefficient (Wildman–Crippen LogP) is 0.841. The van der Waals surface area contributed by atoms with E-state index in [1.54, 1.807) is 12.1 Å². The van der Waals surface area contributed by atoms with Crippen LogP contribution in [0.2, 0.25) is 0 Å². The Morgan fingerprint density at radius 2 is 2.09 bits per heavy atom. The molecule has 0 atom stereocenters. The molecule has 22 heavy (non-hydrogen) atoms. The lowest BCUT2D eigenvalue weighted by atomic mass is 10.2. The maximum Gasteiger partial charge on any atom is 0.324 e. The van der Waals surface area contributed by atoms with Gasteiger partial charge < -0.3 is 16.4 Å². The van der Waals surface area contributed by atoms with Gasteiger partial charge >= 0.3 is 6.03 Å². The maximum atomic E-state index is 12.2. The minimum atomic E-state index is -0.402. The SMILES string of the molecule is Nc1nc(N2CCNC2=O)ncc1C(=O)Nc1ccccc1. The number of benzene rings is 1. The zero-order chi connectivity index (χ0) is 15.5. The number of hydrogen-bond acceptors (Lipinski definition) is 5. The molecule has 8 nitrogen and oxygen atoms in total. The van der Waals surface area contributed by atoms with Crippen LogP contribution in [0.5, 0.6) is 0 Å². The number of carbonyl (C=O) groups is 2. The molecule has 8 heteroatoms. The number of urea groups is 1. The van der Waals surface area contributed by atoms with E-state index in [-0.39, 0.29) is 23.4 Å². The van der Waals surface area contributed by atoms with E-state index in [9.17, 15) is 9.59 Å². The lowest BCUT2D eigenvalue weighted by Crippen LogP contribution is -2.30. The molecule has 1 fully saturated rings. The molecule has 3 rings (SSSR count). The van der Waals surface area contributed by atoms with Crippen molar-refractivity contribution < 1.29 is 9.59 Å². The number of nitrogen functional groups attached to an aromatic ring is 1. The largest absolute Gasteiger partial charge is 0.383 e. The minimum Gasteiger partial charge on any atom is -0.383 e. The van der Waals surface area contributed by atoms with Crippen molar-refractivity contribution in [2.45, 2.75) is 0 Å². The van der Waals surface area contributed by atoms with Crippen LogP contribution in [0.25, 0.3) is 0 Å². The van der Waals surface area contributed by atoms with Crippen molar-refractivity contribution in [3.63, 3.8) is 0 Å². The van der Waals surface area contributed by atoms with Gasteiger partial charge in [0.15, 0.2) is 0 Å². The fourth-order valence-corrected chi connectivity index (χ4v) is 2.07. The second-order valence-electron chi connectivity index (χ2n) is 4.67. The Morgan fingerprint density at radius 3 is 2.73 bits per heavy atom. The molecule has 0 spiro atoms. The van der Waals surface area contributed by atoms with Crippen molar-refractivity contribution >= 4 is 29.4 Å². The van der Waals surface area contributed by atoms with Crippen LogP contribution >= 0.6 is 0 Å². The Morgan fingerprint density at radius 1 is 1.32 bits per heavy atom. The molecule has 1 aromatic carbocycles. The van der Waals surface area contributed by atoms with Crippen molar-refractivity contribution in [2.24, 2.45) is 0 Å². The molecule has 4 N–H and O–H groups in total. The summed E-state index contributed by atoms with van der Waals surface area (Å²) in [6, 6.07) is 8.72. The van der Waals surface area contributed by atoms with Gasteiger partial charge in [0.25, 0.3) is 5.91 Å². The number of nitrogens with two attached hydrogens (primary N) is 1. The number of nitrogens with one attached hydrogen (secondary N) is 2. The number of amides is 3. The molecule has 1 aliphatic rings. The van der Waals surface area contributed by atoms with Crippen molar-refractivity contribution in [1.29, 1.82) is 0 Å². The summed E-state index contributed by atoms with van der Waals surface area (Å²) in [5, 5.41) is 5.35. The van der Waals surface area contributed by atoms with E-state index in [0.29, 0.717) is 18.8 Å². The molecule has 0 bridgehead atoms. The Labute approximate surface area is 126 Å². The lowest BCUT2D eigenvalue weighted by Gasteiger charge is -2.13. The molecule has 1 saturated heterocycles. The summed E-state index contributed by atoms with van der Waals surface area (Å²) in [6.45, 7) is 0.992. The van der Waals surface area contributed by atoms with Gasteiger partial charge in [-0.15, -0.1) is 0 Å². The van der Waals surface area contributed by atoms with E-state index >= 15 is 0 Å². The first-order chi connectivity index (χ1) is 10.6. The van der Waals surface area contributed by atoms with Gasteiger partial charge in [-0.2, -0.15) is 4.98 Å². The molecule has 2 heterocycles. The zero-order valence-electron chi connectivity index (χ0n) is 11.6. The van der Waals surface area contributed by atoms with Gasteiger partial charge in [-0.25, -0.2) is 9.78 Å². The van der Waals surface area contributed by atoms with Gasteiger partial charge in [-0.3, -0.25) is 9.69 Å². The summed E-state index contributed by atoms with van der Waals surface area (Å²) in [5.41, 5.74) is 6.63. The third-order valence-electron chi connectivity index (χ3n) is 3.18. The van der Waals surface area contributed by atoms with Crippen LogP contribution in [0, 0.1) is 0 Å². The van der Waals surface area contributed by atoms with Crippen molar-refractivity contribution in [3.05, 3.63) is 42.1 Å². The fraction of sp³-hybridized carbons (Fsp3) is 0.143. The number of hydrogen-bond donors (Lipinski definition) is 3. The zero-order valence-corrected chi connectivity index (χ0v) is 11.6. The molecule has 2 aromatic rings. The van der Waals surface area contributed by atoms with E-state index in [1.165, 1.54) is 11.1 Å². The summed E-state index contributed by atoms with van der Waals surface area (Å²) in [5.74, 6) is -0.192. The van der Waals surface area contributed by atoms with Crippen molar-refractivity contribution in [1.82, 2.24) is 15.3 Å². The Kier molecular flexibility index (Phi) is 3.57. The van der Waals surface area contributed by atoms with E-state index < -0.39 is 5.91 Å². The number of anilines is 3. The Bertz CT molecular complexity index is 719. The van der Waals surface area contributed by atoms with E-state index in [2.05, 4.69) is 20.6 Å². The highest BCUT2D eigenvalue weighted by molar-refractivity contribution is 6.07. The van der Waals surface area contributed by atoms with Gasteiger partial charge in [0.1, 0.15) is 11.4 Å². The summed E-state index contributed by atoms with van der Waals surface area (Å²) < 4.78 is 0. The Hall–Kier alpha value is -3.16. The topological polar surface area (TPSA) is 113 Å². The fourth-order valence-electron chi connectivity index (χ4n) is 2.07. The average molecular weight is 298 g/mol. The van der Waals surface area contributed by atoms with Crippen molar-refractivity contribution in [2.75, 3.05) is 29.0 Å². The number of carbonyl (C=O) groups excluding carboxylic acids is 2. The van der Waals surface area contributed by atoms with Crippen LogP contribution < -0.4 is 21.3 Å². The van der Waals surface area contributed by atoms with E-state index in [4.69, 9.17) is 5.73 Å². The normalized spacial score (nSPS) is 13.8. The number of nitrogens with zero attached hydrogens (tertiary/aromatic N) is 3. The van der Waals surface area contributed by atoms with Gasteiger partial charge in [-0.1, -0.05) is 18.2 Å². The molecule has 112 valence electrons. The van der Waals surface area contributed by atoms with E-state index in [1.807, 2.05) is 18.2 Å². The summed E-state index contributed by atoms with van der Waals surface area (Å²) >= 11 is 0. The minimum absolute atomic E-state index is 0.0260. The maximum absolute atomic E-state index is 12.2. The molecular formula is C14H14N6O2. The second kappa shape index (κ2) is 5.68. The molecule has 0 aliphatic carbocycles. The van der Waals surface area contributed by atoms with Crippen LogP contribution in [0.4, 0.5) is 22.2 Å². The standard InChI is InChI=1S/C14H14N6O2/c15-11-10(12(21)18-9-4-2-1-3-5-9)8-17-13(19-11)20-7-6-16-14(20)22/h1-5,8H,6-7H2,(H,16,22)(H,18,21)(H2,15,17,19). The summed E-state index contributed by atoms with van der Waals surface area (Å²) in [4.78, 5) is 33.2. The molecular weight excluding hydrogens is 284 g/mol. The number of rotatable bonds is 3. The second-order valence-corrected chi connectivity index (χ2v) is 4.67.